The van der Waals surface area contributed by atoms with E-state index < -0.39 is 23.9 Å². The Morgan fingerprint density at radius 1 is 0.831 bits per heavy atom. The van der Waals surface area contributed by atoms with Gasteiger partial charge in [-0.25, -0.2) is 19.6 Å². The molecule has 3 aromatic carbocycles. The molecule has 3 N–H and O–H groups in total. The fourth-order valence-electron chi connectivity index (χ4n) is 14.5. The minimum absolute atomic E-state index is 0.0000530. The number of thiazole rings is 1. The average molecular weight is 1150 g/mol. The van der Waals surface area contributed by atoms with Crippen LogP contribution in [-0.4, -0.2) is 136 Å². The number of para-hydroxylation sites is 2. The number of pyridine rings is 1. The number of anilines is 2. The number of ether oxygens (including phenoxy) is 4. The van der Waals surface area contributed by atoms with Gasteiger partial charge in [-0.2, -0.15) is 5.10 Å². The second-order valence-corrected chi connectivity index (χ2v) is 24.8. The number of aromatic nitrogens is 4. The molecular weight excluding hydrogens is 1080 g/mol. The summed E-state index contributed by atoms with van der Waals surface area (Å²) in [5.41, 5.74) is 5.59. The zero-order valence-corrected chi connectivity index (χ0v) is 48.1. The summed E-state index contributed by atoms with van der Waals surface area (Å²) in [5, 5.41) is 21.9. The third-order valence-corrected chi connectivity index (χ3v) is 17.9. The first-order valence-corrected chi connectivity index (χ1v) is 29.1. The Hall–Kier alpha value is -8.01. The lowest BCUT2D eigenvalue weighted by atomic mass is 9.39. The maximum Gasteiger partial charge on any atom is 0.409 e. The van der Waals surface area contributed by atoms with Gasteiger partial charge >= 0.3 is 12.1 Å². The summed E-state index contributed by atoms with van der Waals surface area (Å²) in [4.78, 5) is 89.7. The van der Waals surface area contributed by atoms with Crippen LogP contribution in [0.25, 0.3) is 21.3 Å². The molecule has 3 aromatic heterocycles. The molecule has 4 fully saturated rings. The molecule has 0 spiro atoms. The molecule has 21 heteroatoms. The number of nitrogens with zero attached hydrogens (tertiary/aromatic N) is 7. The fraction of sp³-hybridized carbons (Fsp3) is 0.435. The van der Waals surface area contributed by atoms with Crippen LogP contribution >= 0.6 is 11.3 Å². The van der Waals surface area contributed by atoms with Crippen LogP contribution in [0.1, 0.15) is 102 Å². The number of fused-ring (bicyclic) bond motifs is 2. The molecule has 2 aliphatic heterocycles. The predicted octanol–water partition coefficient (Wildman–Crippen LogP) is 8.61. The molecule has 12 rings (SSSR count). The van der Waals surface area contributed by atoms with Crippen LogP contribution in [0.3, 0.4) is 0 Å². The summed E-state index contributed by atoms with van der Waals surface area (Å²) >= 11 is 1.42. The lowest BCUT2D eigenvalue weighted by Crippen LogP contribution is -2.64. The number of carbonyl (C=O) groups is 6. The van der Waals surface area contributed by atoms with Crippen molar-refractivity contribution in [2.75, 3.05) is 69.9 Å². The van der Waals surface area contributed by atoms with E-state index in [1.807, 2.05) is 89.3 Å². The molecule has 0 saturated heterocycles. The van der Waals surface area contributed by atoms with E-state index in [2.05, 4.69) is 29.5 Å². The fourth-order valence-corrected chi connectivity index (χ4v) is 15.3. The number of imide groups is 1. The summed E-state index contributed by atoms with van der Waals surface area (Å²) in [6.07, 6.45) is 10.2. The quantitative estimate of drug-likeness (QED) is 0.0402. The number of carboxylic acid groups (broad SMARTS) is 1. The van der Waals surface area contributed by atoms with Gasteiger partial charge in [0.05, 0.1) is 41.8 Å². The van der Waals surface area contributed by atoms with Crippen LogP contribution in [0.5, 0.6) is 5.75 Å². The van der Waals surface area contributed by atoms with Crippen molar-refractivity contribution in [2.24, 2.45) is 16.2 Å². The van der Waals surface area contributed by atoms with Crippen molar-refractivity contribution in [1.82, 2.24) is 34.9 Å². The van der Waals surface area contributed by atoms with Gasteiger partial charge in [-0.15, -0.1) is 0 Å². The zero-order valence-electron chi connectivity index (χ0n) is 47.2. The Bertz CT molecular complexity index is 3470. The lowest BCUT2D eigenvalue weighted by molar-refractivity contribution is -0.248. The largest absolute Gasteiger partial charge is 0.491 e. The van der Waals surface area contributed by atoms with Crippen molar-refractivity contribution in [3.05, 3.63) is 131 Å². The number of carboxylic acids is 1. The molecule has 434 valence electrons. The Balaban J connectivity index is 0.674. The maximum absolute atomic E-state index is 13.8. The number of hydrogen-bond donors (Lipinski definition) is 3. The Morgan fingerprint density at radius 3 is 2.39 bits per heavy atom. The van der Waals surface area contributed by atoms with Gasteiger partial charge < -0.3 is 39.2 Å². The molecule has 2 unspecified atom stereocenters. The molecule has 4 aliphatic carbocycles. The summed E-state index contributed by atoms with van der Waals surface area (Å²) < 4.78 is 27.4. The van der Waals surface area contributed by atoms with E-state index in [1.54, 1.807) is 19.3 Å². The third-order valence-electron chi connectivity index (χ3n) is 17.0. The molecule has 4 bridgehead atoms. The van der Waals surface area contributed by atoms with E-state index in [1.165, 1.54) is 28.4 Å². The highest BCUT2D eigenvalue weighted by Gasteiger charge is 2.66. The minimum Gasteiger partial charge on any atom is -0.491 e. The molecule has 4 saturated carbocycles. The highest BCUT2D eigenvalue weighted by Crippen LogP contribution is 2.72. The monoisotopic (exact) mass is 1150 g/mol. The standard InChI is InChI=1S/C62H69N9O11S/c1-40-45(43-16-17-50(66-54(43)56(76)77)69-23-20-41-11-9-12-44(46(41)31-69)55(75)67-57-65-47-13-6-8-15-49(47)83-57)30-64-71(40)39-61-34-59(2)33-60(3,35-61)37-62(36-59,38-61)82-27-25-68(4)58(78)81-32-42-10-5-7-14-48(42)80-29-28-79-26-22-63-51(72)21-24-70-52(73)18-19-53(70)74/h5-19,30H,20-29,31-39H2,1-4H3,(H,63,72)(H,76,77)(H,65,67,75). The molecule has 5 amide bonds. The number of likely N-dealkylation sites (N-methyl/N-ethyl adjacent to an activating group) is 1. The first-order valence-electron chi connectivity index (χ1n) is 28.3. The van der Waals surface area contributed by atoms with E-state index in [0.29, 0.717) is 78.2 Å². The third kappa shape index (κ3) is 12.4. The number of rotatable bonds is 23. The second-order valence-electron chi connectivity index (χ2n) is 23.7. The van der Waals surface area contributed by atoms with E-state index >= 15 is 0 Å². The lowest BCUT2D eigenvalue weighted by Gasteiger charge is -2.69. The van der Waals surface area contributed by atoms with Crippen molar-refractivity contribution < 1.29 is 52.8 Å². The number of aromatic carboxylic acids is 1. The highest BCUT2D eigenvalue weighted by molar-refractivity contribution is 7.22. The van der Waals surface area contributed by atoms with E-state index in [9.17, 15) is 33.9 Å². The number of benzene rings is 3. The first kappa shape index (κ1) is 56.8. The van der Waals surface area contributed by atoms with Crippen molar-refractivity contribution in [3.8, 4) is 16.9 Å². The Labute approximate surface area is 485 Å². The summed E-state index contributed by atoms with van der Waals surface area (Å²) in [5.74, 6) is -1.45. The molecule has 20 nitrogen and oxygen atoms in total. The normalized spacial score (nSPS) is 22.3. The molecule has 5 heterocycles. The summed E-state index contributed by atoms with van der Waals surface area (Å²) in [6.45, 7) is 10.1. The SMILES string of the molecule is Cc1c(-c2ccc(N3CCc4cccc(C(=O)Nc5nc6ccccc6s5)c4C3)nc2C(=O)O)cnn1CC12CC3(C)CC(C)(C1)CC(OCCN(C)C(=O)OCc1ccccc1OCCOCCNC(=O)CCN1C(=O)C=CC1=O)(C3)C2. The van der Waals surface area contributed by atoms with Gasteiger partial charge in [0, 0.05) is 92.8 Å². The van der Waals surface area contributed by atoms with Gasteiger partial charge in [0.25, 0.3) is 17.7 Å². The molecule has 6 aromatic rings. The van der Waals surface area contributed by atoms with Crippen molar-refractivity contribution in [2.45, 2.75) is 97.4 Å². The van der Waals surface area contributed by atoms with Crippen LogP contribution < -0.4 is 20.3 Å². The predicted molar refractivity (Wildman–Crippen MR) is 310 cm³/mol. The Kier molecular flexibility index (Phi) is 16.0. The van der Waals surface area contributed by atoms with Crippen LogP contribution in [-0.2, 0) is 54.7 Å². The second kappa shape index (κ2) is 23.3. The zero-order chi connectivity index (χ0) is 58.1. The minimum atomic E-state index is -1.14. The maximum atomic E-state index is 13.8. The van der Waals surface area contributed by atoms with E-state index in [0.717, 1.165) is 70.5 Å². The molecule has 0 radical (unpaired) electrons. The number of hydrogen-bond acceptors (Lipinski definition) is 15. The van der Waals surface area contributed by atoms with Gasteiger partial charge in [-0.3, -0.25) is 34.1 Å². The van der Waals surface area contributed by atoms with Crippen molar-refractivity contribution in [1.29, 1.82) is 0 Å². The smallest absolute Gasteiger partial charge is 0.409 e. The van der Waals surface area contributed by atoms with Crippen molar-refractivity contribution >= 4 is 68.2 Å². The molecule has 83 heavy (non-hydrogen) atoms. The van der Waals surface area contributed by atoms with Gasteiger partial charge in [-0.1, -0.05) is 67.6 Å². The Morgan fingerprint density at radius 2 is 1.60 bits per heavy atom. The van der Waals surface area contributed by atoms with Gasteiger partial charge in [-0.05, 0) is 116 Å². The number of nitrogens with one attached hydrogen (secondary N) is 2. The van der Waals surface area contributed by atoms with Crippen LogP contribution in [0.4, 0.5) is 15.7 Å². The van der Waals surface area contributed by atoms with Gasteiger partial charge in [0.1, 0.15) is 24.8 Å². The van der Waals surface area contributed by atoms with Gasteiger partial charge in [0.2, 0.25) is 5.91 Å². The highest BCUT2D eigenvalue weighted by atomic mass is 32.1. The van der Waals surface area contributed by atoms with Gasteiger partial charge in [0.15, 0.2) is 10.8 Å². The molecule has 6 aliphatic rings. The number of carbonyl (C=O) groups excluding carboxylic acids is 5. The number of amides is 5. The molecule has 2 atom stereocenters. The summed E-state index contributed by atoms with van der Waals surface area (Å²) in [6, 6.07) is 24.5. The van der Waals surface area contributed by atoms with E-state index in [-0.39, 0.29) is 85.3 Å². The van der Waals surface area contributed by atoms with Crippen LogP contribution in [0.15, 0.2) is 97.2 Å². The first-order chi connectivity index (χ1) is 39.9. The van der Waals surface area contributed by atoms with Crippen LogP contribution in [0.2, 0.25) is 0 Å². The van der Waals surface area contributed by atoms with Crippen molar-refractivity contribution in [3.63, 3.8) is 0 Å². The summed E-state index contributed by atoms with van der Waals surface area (Å²) in [7, 11) is 1.71. The topological polar surface area (TPSA) is 237 Å². The van der Waals surface area contributed by atoms with E-state index in [4.69, 9.17) is 29.0 Å². The molecular formula is C62H69N9O11S. The average Bonchev–Trinajstić information content (AvgIpc) is 1.42. The van der Waals surface area contributed by atoms with Crippen LogP contribution in [0, 0.1) is 23.2 Å².